The van der Waals surface area contributed by atoms with E-state index in [1.807, 2.05) is 58.0 Å². The van der Waals surface area contributed by atoms with Crippen LogP contribution in [0.2, 0.25) is 0 Å². The van der Waals surface area contributed by atoms with E-state index in [9.17, 15) is 4.79 Å². The molecule has 2 unspecified atom stereocenters. The molecule has 1 heterocycles. The highest BCUT2D eigenvalue weighted by atomic mass is 35.5. The van der Waals surface area contributed by atoms with Gasteiger partial charge >= 0.3 is 0 Å². The Bertz CT molecular complexity index is 473. The number of likely N-dealkylation sites (tertiary alicyclic amines) is 1. The molecule has 0 aliphatic carbocycles. The van der Waals surface area contributed by atoms with Crippen LogP contribution in [-0.4, -0.2) is 28.5 Å². The summed E-state index contributed by atoms with van der Waals surface area (Å²) in [5.74, 6) is -0.0498. The first-order valence-electron chi connectivity index (χ1n) is 6.98. The topological polar surface area (TPSA) is 29.5 Å². The molecule has 0 saturated carbocycles. The fourth-order valence-corrected chi connectivity index (χ4v) is 2.79. The Morgan fingerprint density at radius 2 is 1.90 bits per heavy atom. The molecule has 110 valence electrons. The highest BCUT2D eigenvalue weighted by Gasteiger charge is 2.53. The summed E-state index contributed by atoms with van der Waals surface area (Å²) in [6.45, 7) is 8.45. The molecule has 1 amide bonds. The minimum absolute atomic E-state index is 0.0484. The second-order valence-electron chi connectivity index (χ2n) is 6.17. The third kappa shape index (κ3) is 2.84. The van der Waals surface area contributed by atoms with Gasteiger partial charge in [-0.3, -0.25) is 4.79 Å². The summed E-state index contributed by atoms with van der Waals surface area (Å²) in [7, 11) is 0. The van der Waals surface area contributed by atoms with Crippen LogP contribution in [0.1, 0.15) is 33.3 Å². The lowest BCUT2D eigenvalue weighted by Crippen LogP contribution is -2.41. The lowest BCUT2D eigenvalue weighted by Gasteiger charge is -2.34. The molecule has 1 aliphatic heterocycles. The van der Waals surface area contributed by atoms with E-state index in [-0.39, 0.29) is 18.2 Å². The van der Waals surface area contributed by atoms with Gasteiger partial charge in [0.25, 0.3) is 0 Å². The van der Waals surface area contributed by atoms with Gasteiger partial charge in [-0.1, -0.05) is 44.2 Å². The van der Waals surface area contributed by atoms with Crippen molar-refractivity contribution in [1.29, 1.82) is 0 Å². The first kappa shape index (κ1) is 15.3. The number of amides is 1. The molecule has 4 heteroatoms. The van der Waals surface area contributed by atoms with Crippen molar-refractivity contribution in [2.45, 2.75) is 51.9 Å². The summed E-state index contributed by atoms with van der Waals surface area (Å²) in [6.07, 6.45) is -0.245. The van der Waals surface area contributed by atoms with Crippen molar-refractivity contribution in [2.75, 3.05) is 0 Å². The summed E-state index contributed by atoms with van der Waals surface area (Å²) in [5.41, 5.74) is 0.678. The average molecular weight is 296 g/mol. The van der Waals surface area contributed by atoms with Crippen LogP contribution in [0.3, 0.4) is 0 Å². The number of benzene rings is 1. The molecular formula is C16H22ClNO2. The molecule has 1 saturated heterocycles. The SMILES string of the molecule is CC(C)OC1N(Cc2ccccc2)C(=O)C(Cl)C1(C)C. The summed E-state index contributed by atoms with van der Waals surface area (Å²) in [4.78, 5) is 14.2. The number of rotatable bonds is 4. The van der Waals surface area contributed by atoms with E-state index >= 15 is 0 Å². The van der Waals surface area contributed by atoms with Gasteiger partial charge in [-0.25, -0.2) is 0 Å². The summed E-state index contributed by atoms with van der Waals surface area (Å²) < 4.78 is 5.97. The Hall–Kier alpha value is -1.06. The van der Waals surface area contributed by atoms with E-state index in [2.05, 4.69) is 0 Å². The first-order valence-corrected chi connectivity index (χ1v) is 7.41. The van der Waals surface area contributed by atoms with Gasteiger partial charge in [0.05, 0.1) is 6.10 Å². The molecule has 2 atom stereocenters. The van der Waals surface area contributed by atoms with Gasteiger partial charge in [-0.05, 0) is 19.4 Å². The Kier molecular flexibility index (Phi) is 4.40. The Balaban J connectivity index is 2.26. The predicted molar refractivity (Wildman–Crippen MR) is 80.4 cm³/mol. The van der Waals surface area contributed by atoms with Crippen LogP contribution < -0.4 is 0 Å². The minimum Gasteiger partial charge on any atom is -0.355 e. The van der Waals surface area contributed by atoms with Gasteiger partial charge in [0.2, 0.25) is 5.91 Å². The molecule has 20 heavy (non-hydrogen) atoms. The Labute approximate surface area is 125 Å². The molecule has 1 aliphatic rings. The normalized spacial score (nSPS) is 25.5. The van der Waals surface area contributed by atoms with E-state index in [0.29, 0.717) is 6.54 Å². The second-order valence-corrected chi connectivity index (χ2v) is 6.61. The molecule has 1 aromatic carbocycles. The fraction of sp³-hybridized carbons (Fsp3) is 0.562. The number of nitrogens with zero attached hydrogens (tertiary/aromatic N) is 1. The highest BCUT2D eigenvalue weighted by molar-refractivity contribution is 6.32. The van der Waals surface area contributed by atoms with Crippen molar-refractivity contribution in [1.82, 2.24) is 4.90 Å². The Morgan fingerprint density at radius 3 is 2.45 bits per heavy atom. The lowest BCUT2D eigenvalue weighted by molar-refractivity contribution is -0.146. The van der Waals surface area contributed by atoms with E-state index in [4.69, 9.17) is 16.3 Å². The van der Waals surface area contributed by atoms with E-state index in [1.54, 1.807) is 4.90 Å². The molecule has 0 bridgehead atoms. The molecule has 0 N–H and O–H groups in total. The van der Waals surface area contributed by atoms with E-state index in [0.717, 1.165) is 5.56 Å². The number of alkyl halides is 1. The van der Waals surface area contributed by atoms with Crippen molar-refractivity contribution < 1.29 is 9.53 Å². The predicted octanol–water partition coefficient (Wildman–Crippen LogP) is 3.41. The smallest absolute Gasteiger partial charge is 0.243 e. The zero-order valence-corrected chi connectivity index (χ0v) is 13.2. The number of halogens is 1. The van der Waals surface area contributed by atoms with Crippen LogP contribution in [0, 0.1) is 5.41 Å². The number of carbonyl (C=O) groups is 1. The van der Waals surface area contributed by atoms with E-state index < -0.39 is 10.8 Å². The van der Waals surface area contributed by atoms with Gasteiger partial charge in [0.1, 0.15) is 11.6 Å². The van der Waals surface area contributed by atoms with Gasteiger partial charge in [-0.15, -0.1) is 11.6 Å². The van der Waals surface area contributed by atoms with Crippen molar-refractivity contribution in [2.24, 2.45) is 5.41 Å². The van der Waals surface area contributed by atoms with Crippen LogP contribution in [0.25, 0.3) is 0 Å². The van der Waals surface area contributed by atoms with Crippen molar-refractivity contribution >= 4 is 17.5 Å². The van der Waals surface area contributed by atoms with Crippen molar-refractivity contribution in [3.63, 3.8) is 0 Å². The highest BCUT2D eigenvalue weighted by Crippen LogP contribution is 2.42. The summed E-state index contributed by atoms with van der Waals surface area (Å²) in [6, 6.07) is 9.92. The third-order valence-corrected chi connectivity index (χ3v) is 4.42. The molecular weight excluding hydrogens is 274 g/mol. The summed E-state index contributed by atoms with van der Waals surface area (Å²) >= 11 is 6.32. The average Bonchev–Trinajstić information content (AvgIpc) is 2.54. The monoisotopic (exact) mass is 295 g/mol. The molecule has 1 fully saturated rings. The van der Waals surface area contributed by atoms with Crippen LogP contribution in [0.4, 0.5) is 0 Å². The number of hydrogen-bond donors (Lipinski definition) is 0. The maximum atomic E-state index is 12.4. The molecule has 1 aromatic rings. The van der Waals surface area contributed by atoms with Crippen LogP contribution in [0.15, 0.2) is 30.3 Å². The summed E-state index contributed by atoms with van der Waals surface area (Å²) in [5, 5.41) is -0.546. The molecule has 0 radical (unpaired) electrons. The maximum Gasteiger partial charge on any atom is 0.243 e. The number of carbonyl (C=O) groups excluding carboxylic acids is 1. The van der Waals surface area contributed by atoms with Gasteiger partial charge in [0, 0.05) is 12.0 Å². The molecule has 3 nitrogen and oxygen atoms in total. The zero-order valence-electron chi connectivity index (χ0n) is 12.5. The fourth-order valence-electron chi connectivity index (χ4n) is 2.55. The first-order chi connectivity index (χ1) is 9.34. The van der Waals surface area contributed by atoms with Crippen molar-refractivity contribution in [3.05, 3.63) is 35.9 Å². The Morgan fingerprint density at radius 1 is 1.30 bits per heavy atom. The minimum atomic E-state index is -0.546. The quantitative estimate of drug-likeness (QED) is 0.797. The largest absolute Gasteiger partial charge is 0.355 e. The molecule has 2 rings (SSSR count). The van der Waals surface area contributed by atoms with Crippen LogP contribution in [-0.2, 0) is 16.1 Å². The van der Waals surface area contributed by atoms with E-state index in [1.165, 1.54) is 0 Å². The zero-order chi connectivity index (χ0) is 14.9. The standard InChI is InChI=1S/C16H22ClNO2/c1-11(2)20-15-16(3,4)13(17)14(19)18(15)10-12-8-6-5-7-9-12/h5-9,11,13,15H,10H2,1-4H3. The maximum absolute atomic E-state index is 12.4. The van der Waals surface area contributed by atoms with Gasteiger partial charge < -0.3 is 9.64 Å². The molecule has 0 spiro atoms. The number of ether oxygens (including phenoxy) is 1. The third-order valence-electron chi connectivity index (χ3n) is 3.67. The van der Waals surface area contributed by atoms with Gasteiger partial charge in [-0.2, -0.15) is 0 Å². The number of hydrogen-bond acceptors (Lipinski definition) is 2. The van der Waals surface area contributed by atoms with Crippen molar-refractivity contribution in [3.8, 4) is 0 Å². The van der Waals surface area contributed by atoms with Crippen LogP contribution >= 0.6 is 11.6 Å². The lowest BCUT2D eigenvalue weighted by atomic mass is 9.90. The van der Waals surface area contributed by atoms with Crippen LogP contribution in [0.5, 0.6) is 0 Å². The van der Waals surface area contributed by atoms with Gasteiger partial charge in [0.15, 0.2) is 0 Å². The second kappa shape index (κ2) is 5.74. The molecule has 0 aromatic heterocycles.